The van der Waals surface area contributed by atoms with Gasteiger partial charge in [0.05, 0.1) is 6.10 Å². The zero-order chi connectivity index (χ0) is 14.1. The number of hydrogen-bond acceptors (Lipinski definition) is 2. The molecular formula is C17H15BrO2. The zero-order valence-corrected chi connectivity index (χ0v) is 12.7. The molecule has 0 aliphatic heterocycles. The first-order valence-electron chi connectivity index (χ1n) is 6.58. The summed E-state index contributed by atoms with van der Waals surface area (Å²) in [7, 11) is 0. The largest absolute Gasteiger partial charge is 0.461 e. The number of aliphatic hydroxyl groups excluding tert-OH is 1. The summed E-state index contributed by atoms with van der Waals surface area (Å²) in [4.78, 5) is 0. The van der Waals surface area contributed by atoms with Crippen LogP contribution >= 0.6 is 15.9 Å². The van der Waals surface area contributed by atoms with Gasteiger partial charge in [-0.25, -0.2) is 0 Å². The van der Waals surface area contributed by atoms with Gasteiger partial charge in [-0.15, -0.1) is 0 Å². The van der Waals surface area contributed by atoms with E-state index in [1.807, 2.05) is 18.2 Å². The van der Waals surface area contributed by atoms with Gasteiger partial charge in [0.15, 0.2) is 0 Å². The Hall–Kier alpha value is -1.58. The summed E-state index contributed by atoms with van der Waals surface area (Å²) in [6, 6.07) is 16.4. The van der Waals surface area contributed by atoms with Crippen LogP contribution in [0.3, 0.4) is 0 Å². The smallest absolute Gasteiger partial charge is 0.134 e. The lowest BCUT2D eigenvalue weighted by molar-refractivity contribution is 0.187. The van der Waals surface area contributed by atoms with E-state index in [-0.39, 0.29) is 6.10 Å². The van der Waals surface area contributed by atoms with E-state index in [0.29, 0.717) is 6.42 Å². The Morgan fingerprint density at radius 1 is 1.05 bits per heavy atom. The van der Waals surface area contributed by atoms with Crippen molar-refractivity contribution in [3.05, 3.63) is 58.8 Å². The van der Waals surface area contributed by atoms with Crippen LogP contribution in [0.5, 0.6) is 0 Å². The standard InChI is InChI=1S/C17H15BrO2/c1-11(19)8-16-6-7-17(20-16)14-3-2-13-10-15(18)5-4-12(13)9-14/h2-7,9-11,19H,8H2,1H3. The lowest BCUT2D eigenvalue weighted by Crippen LogP contribution is -2.02. The summed E-state index contributed by atoms with van der Waals surface area (Å²) in [6.45, 7) is 1.76. The maximum atomic E-state index is 9.39. The second kappa shape index (κ2) is 5.43. The van der Waals surface area contributed by atoms with E-state index in [9.17, 15) is 5.11 Å². The van der Waals surface area contributed by atoms with Crippen molar-refractivity contribution < 1.29 is 9.52 Å². The minimum atomic E-state index is -0.386. The molecule has 3 aromatic rings. The van der Waals surface area contributed by atoms with E-state index in [2.05, 4.69) is 46.3 Å². The van der Waals surface area contributed by atoms with Crippen molar-refractivity contribution in [3.63, 3.8) is 0 Å². The van der Waals surface area contributed by atoms with Crippen LogP contribution in [0, 0.1) is 0 Å². The SMILES string of the molecule is CC(O)Cc1ccc(-c2ccc3cc(Br)ccc3c2)o1. The van der Waals surface area contributed by atoms with Crippen LogP contribution in [0.15, 0.2) is 57.4 Å². The Morgan fingerprint density at radius 2 is 1.80 bits per heavy atom. The summed E-state index contributed by atoms with van der Waals surface area (Å²) in [5.74, 6) is 1.65. The van der Waals surface area contributed by atoms with E-state index in [1.54, 1.807) is 6.92 Å². The first kappa shape index (κ1) is 13.4. The van der Waals surface area contributed by atoms with Crippen LogP contribution < -0.4 is 0 Å². The number of furan rings is 1. The van der Waals surface area contributed by atoms with Crippen molar-refractivity contribution in [2.75, 3.05) is 0 Å². The lowest BCUT2D eigenvalue weighted by Gasteiger charge is -2.03. The van der Waals surface area contributed by atoms with Gasteiger partial charge in [0.2, 0.25) is 0 Å². The van der Waals surface area contributed by atoms with Crippen LogP contribution in [-0.4, -0.2) is 11.2 Å². The molecule has 0 aliphatic rings. The van der Waals surface area contributed by atoms with Gasteiger partial charge < -0.3 is 9.52 Å². The number of benzene rings is 2. The molecule has 2 aromatic carbocycles. The maximum absolute atomic E-state index is 9.39. The highest BCUT2D eigenvalue weighted by Crippen LogP contribution is 2.28. The summed E-state index contributed by atoms with van der Waals surface area (Å²) in [5.41, 5.74) is 1.05. The van der Waals surface area contributed by atoms with Crippen molar-refractivity contribution >= 4 is 26.7 Å². The lowest BCUT2D eigenvalue weighted by atomic mass is 10.1. The predicted octanol–water partition coefficient (Wildman–Crippen LogP) is 4.79. The third-order valence-electron chi connectivity index (χ3n) is 3.25. The molecule has 0 amide bonds. The number of aliphatic hydroxyl groups is 1. The maximum Gasteiger partial charge on any atom is 0.134 e. The molecule has 1 heterocycles. The van der Waals surface area contributed by atoms with Gasteiger partial charge in [0.1, 0.15) is 11.5 Å². The Kier molecular flexibility index (Phi) is 3.64. The van der Waals surface area contributed by atoms with Crippen molar-refractivity contribution in [2.45, 2.75) is 19.4 Å². The molecule has 1 unspecified atom stereocenters. The molecule has 0 fully saturated rings. The summed E-state index contributed by atoms with van der Waals surface area (Å²) in [5, 5.41) is 11.8. The molecule has 1 N–H and O–H groups in total. The van der Waals surface area contributed by atoms with E-state index in [1.165, 1.54) is 10.8 Å². The molecular weight excluding hydrogens is 316 g/mol. The zero-order valence-electron chi connectivity index (χ0n) is 11.1. The first-order chi connectivity index (χ1) is 9.61. The fourth-order valence-corrected chi connectivity index (χ4v) is 2.68. The van der Waals surface area contributed by atoms with Crippen LogP contribution in [0.2, 0.25) is 0 Å². The molecule has 0 radical (unpaired) electrons. The van der Waals surface area contributed by atoms with Gasteiger partial charge in [-0.05, 0) is 48.0 Å². The highest BCUT2D eigenvalue weighted by Gasteiger charge is 2.07. The highest BCUT2D eigenvalue weighted by atomic mass is 79.9. The third-order valence-corrected chi connectivity index (χ3v) is 3.74. The molecule has 20 heavy (non-hydrogen) atoms. The molecule has 0 bridgehead atoms. The molecule has 1 atom stereocenters. The van der Waals surface area contributed by atoms with Crippen LogP contribution in [0.25, 0.3) is 22.1 Å². The van der Waals surface area contributed by atoms with Crippen molar-refractivity contribution in [2.24, 2.45) is 0 Å². The molecule has 0 saturated carbocycles. The average molecular weight is 331 g/mol. The number of rotatable bonds is 3. The second-order valence-corrected chi connectivity index (χ2v) is 5.94. The minimum Gasteiger partial charge on any atom is -0.461 e. The molecule has 3 heteroatoms. The molecule has 1 aromatic heterocycles. The second-order valence-electron chi connectivity index (χ2n) is 5.03. The minimum absolute atomic E-state index is 0.386. The number of halogens is 1. The summed E-state index contributed by atoms with van der Waals surface area (Å²) < 4.78 is 6.86. The fraction of sp³-hybridized carbons (Fsp3) is 0.176. The Bertz CT molecular complexity index is 744. The molecule has 0 aliphatic carbocycles. The van der Waals surface area contributed by atoms with Crippen molar-refractivity contribution in [1.82, 2.24) is 0 Å². The van der Waals surface area contributed by atoms with E-state index >= 15 is 0 Å². The molecule has 0 spiro atoms. The quantitative estimate of drug-likeness (QED) is 0.749. The fourth-order valence-electron chi connectivity index (χ4n) is 2.30. The van der Waals surface area contributed by atoms with Gasteiger partial charge in [-0.2, -0.15) is 0 Å². The van der Waals surface area contributed by atoms with Gasteiger partial charge in [0, 0.05) is 16.5 Å². The average Bonchev–Trinajstić information content (AvgIpc) is 2.85. The molecule has 2 nitrogen and oxygen atoms in total. The van der Waals surface area contributed by atoms with Crippen LogP contribution in [0.1, 0.15) is 12.7 Å². The molecule has 102 valence electrons. The summed E-state index contributed by atoms with van der Waals surface area (Å²) in [6.07, 6.45) is 0.156. The van der Waals surface area contributed by atoms with E-state index in [4.69, 9.17) is 4.42 Å². The van der Waals surface area contributed by atoms with Gasteiger partial charge >= 0.3 is 0 Å². The molecule has 3 rings (SSSR count). The van der Waals surface area contributed by atoms with Crippen molar-refractivity contribution in [1.29, 1.82) is 0 Å². The highest BCUT2D eigenvalue weighted by molar-refractivity contribution is 9.10. The van der Waals surface area contributed by atoms with E-state index < -0.39 is 0 Å². The third kappa shape index (κ3) is 2.79. The normalized spacial score (nSPS) is 12.8. The first-order valence-corrected chi connectivity index (χ1v) is 7.37. The van der Waals surface area contributed by atoms with Crippen molar-refractivity contribution in [3.8, 4) is 11.3 Å². The van der Waals surface area contributed by atoms with E-state index in [0.717, 1.165) is 21.6 Å². The summed E-state index contributed by atoms with van der Waals surface area (Å²) >= 11 is 3.48. The molecule has 0 saturated heterocycles. The van der Waals surface area contributed by atoms with Gasteiger partial charge in [-0.1, -0.05) is 34.1 Å². The number of fused-ring (bicyclic) bond motifs is 1. The Balaban J connectivity index is 1.97. The topological polar surface area (TPSA) is 33.4 Å². The number of hydrogen-bond donors (Lipinski definition) is 1. The Labute approximate surface area is 126 Å². The predicted molar refractivity (Wildman–Crippen MR) is 84.7 cm³/mol. The van der Waals surface area contributed by atoms with Crippen LogP contribution in [0.4, 0.5) is 0 Å². The monoisotopic (exact) mass is 330 g/mol. The van der Waals surface area contributed by atoms with Gasteiger partial charge in [0.25, 0.3) is 0 Å². The van der Waals surface area contributed by atoms with Crippen LogP contribution in [-0.2, 0) is 6.42 Å². The van der Waals surface area contributed by atoms with Gasteiger partial charge in [-0.3, -0.25) is 0 Å². The Morgan fingerprint density at radius 3 is 2.60 bits per heavy atom.